The molecule has 0 saturated carbocycles. The maximum absolute atomic E-state index is 12.1. The lowest BCUT2D eigenvalue weighted by Gasteiger charge is -2.16. The van der Waals surface area contributed by atoms with Gasteiger partial charge in [-0.15, -0.1) is 0 Å². The predicted octanol–water partition coefficient (Wildman–Crippen LogP) is 3.82. The first-order chi connectivity index (χ1) is 9.52. The minimum Gasteiger partial charge on any atom is -0.496 e. The Labute approximate surface area is 127 Å². The third kappa shape index (κ3) is 3.08. The number of H-pyrrole nitrogens is 1. The SMILES string of the molecule is COc1ccccc1[C@H](C)NC(=O)c1cc(Cl)c(Cl)[nH]1. The Morgan fingerprint density at radius 3 is 2.65 bits per heavy atom. The van der Waals surface area contributed by atoms with Crippen LogP contribution in [0.2, 0.25) is 10.2 Å². The second-order valence-electron chi connectivity index (χ2n) is 4.28. The summed E-state index contributed by atoms with van der Waals surface area (Å²) in [6.45, 7) is 1.88. The van der Waals surface area contributed by atoms with Crippen molar-refractivity contribution in [1.82, 2.24) is 10.3 Å². The van der Waals surface area contributed by atoms with Crippen LogP contribution in [0.5, 0.6) is 5.75 Å². The van der Waals surface area contributed by atoms with Gasteiger partial charge in [0.15, 0.2) is 0 Å². The van der Waals surface area contributed by atoms with Crippen LogP contribution in [0.25, 0.3) is 0 Å². The number of halogens is 2. The standard InChI is InChI=1S/C14H14Cl2N2O2/c1-8(9-5-3-4-6-12(9)20-2)17-14(19)11-7-10(15)13(16)18-11/h3-8,18H,1-2H3,(H,17,19)/t8-/m0/s1. The zero-order chi connectivity index (χ0) is 14.7. The number of para-hydroxylation sites is 1. The van der Waals surface area contributed by atoms with E-state index in [1.807, 2.05) is 31.2 Å². The summed E-state index contributed by atoms with van der Waals surface area (Å²) in [6.07, 6.45) is 0. The molecule has 1 heterocycles. The van der Waals surface area contributed by atoms with E-state index < -0.39 is 0 Å². The number of amides is 1. The molecule has 0 unspecified atom stereocenters. The molecule has 2 rings (SSSR count). The predicted molar refractivity (Wildman–Crippen MR) is 79.7 cm³/mol. The van der Waals surface area contributed by atoms with E-state index in [-0.39, 0.29) is 17.1 Å². The van der Waals surface area contributed by atoms with E-state index in [0.717, 1.165) is 11.3 Å². The second-order valence-corrected chi connectivity index (χ2v) is 5.07. The molecule has 2 N–H and O–H groups in total. The number of methoxy groups -OCH3 is 1. The van der Waals surface area contributed by atoms with Gasteiger partial charge in [0.05, 0.1) is 18.2 Å². The van der Waals surface area contributed by atoms with E-state index in [1.165, 1.54) is 6.07 Å². The molecule has 20 heavy (non-hydrogen) atoms. The van der Waals surface area contributed by atoms with Crippen LogP contribution in [0.1, 0.15) is 29.0 Å². The van der Waals surface area contributed by atoms with Crippen molar-refractivity contribution in [3.8, 4) is 5.75 Å². The zero-order valence-electron chi connectivity index (χ0n) is 11.0. The van der Waals surface area contributed by atoms with Crippen molar-refractivity contribution in [2.45, 2.75) is 13.0 Å². The molecule has 0 saturated heterocycles. The Kier molecular flexibility index (Phi) is 4.57. The molecule has 6 heteroatoms. The van der Waals surface area contributed by atoms with Crippen LogP contribution in [0.4, 0.5) is 0 Å². The van der Waals surface area contributed by atoms with E-state index in [4.69, 9.17) is 27.9 Å². The molecule has 0 aliphatic heterocycles. The number of hydrogen-bond donors (Lipinski definition) is 2. The van der Waals surface area contributed by atoms with Gasteiger partial charge < -0.3 is 15.0 Å². The summed E-state index contributed by atoms with van der Waals surface area (Å²) in [5.74, 6) is 0.444. The largest absolute Gasteiger partial charge is 0.496 e. The number of nitrogens with one attached hydrogen (secondary N) is 2. The van der Waals surface area contributed by atoms with Crippen LogP contribution in [0.3, 0.4) is 0 Å². The molecule has 0 spiro atoms. The molecule has 0 aliphatic rings. The average Bonchev–Trinajstić information content (AvgIpc) is 2.78. The number of hydrogen-bond acceptors (Lipinski definition) is 2. The summed E-state index contributed by atoms with van der Waals surface area (Å²) in [6, 6.07) is 8.80. The van der Waals surface area contributed by atoms with Crippen molar-refractivity contribution < 1.29 is 9.53 Å². The number of carbonyl (C=O) groups excluding carboxylic acids is 1. The van der Waals surface area contributed by atoms with Gasteiger partial charge in [0.25, 0.3) is 5.91 Å². The van der Waals surface area contributed by atoms with Crippen molar-refractivity contribution in [2.75, 3.05) is 7.11 Å². The number of aromatic nitrogens is 1. The third-order valence-corrected chi connectivity index (χ3v) is 3.62. The van der Waals surface area contributed by atoms with Crippen molar-refractivity contribution in [1.29, 1.82) is 0 Å². The monoisotopic (exact) mass is 312 g/mol. The van der Waals surface area contributed by atoms with Crippen molar-refractivity contribution in [3.63, 3.8) is 0 Å². The molecule has 106 valence electrons. The summed E-state index contributed by atoms with van der Waals surface area (Å²) in [5.41, 5.74) is 1.22. The minimum absolute atomic E-state index is 0.209. The van der Waals surface area contributed by atoms with Crippen LogP contribution in [-0.4, -0.2) is 18.0 Å². The molecular formula is C14H14Cl2N2O2. The maximum atomic E-state index is 12.1. The molecule has 1 amide bonds. The number of rotatable bonds is 4. The maximum Gasteiger partial charge on any atom is 0.268 e. The van der Waals surface area contributed by atoms with Gasteiger partial charge in [0.1, 0.15) is 16.6 Å². The number of ether oxygens (including phenoxy) is 1. The van der Waals surface area contributed by atoms with Gasteiger partial charge in [-0.1, -0.05) is 41.4 Å². The summed E-state index contributed by atoms with van der Waals surface area (Å²) in [4.78, 5) is 14.8. The Hall–Kier alpha value is -1.65. The number of aromatic amines is 1. The van der Waals surface area contributed by atoms with Crippen molar-refractivity contribution in [3.05, 3.63) is 51.8 Å². The Balaban J connectivity index is 2.15. The second kappa shape index (κ2) is 6.20. The van der Waals surface area contributed by atoms with E-state index in [9.17, 15) is 4.79 Å². The third-order valence-electron chi connectivity index (χ3n) is 2.92. The van der Waals surface area contributed by atoms with Crippen LogP contribution in [-0.2, 0) is 0 Å². The van der Waals surface area contributed by atoms with E-state index >= 15 is 0 Å². The van der Waals surface area contributed by atoms with Crippen LogP contribution in [0, 0.1) is 0 Å². The van der Waals surface area contributed by atoms with Crippen LogP contribution < -0.4 is 10.1 Å². The Morgan fingerprint density at radius 2 is 2.05 bits per heavy atom. The average molecular weight is 313 g/mol. The van der Waals surface area contributed by atoms with E-state index in [2.05, 4.69) is 10.3 Å². The highest BCUT2D eigenvalue weighted by atomic mass is 35.5. The topological polar surface area (TPSA) is 54.1 Å². The highest BCUT2D eigenvalue weighted by molar-refractivity contribution is 6.41. The fourth-order valence-corrected chi connectivity index (χ4v) is 2.22. The normalized spacial score (nSPS) is 12.0. The Morgan fingerprint density at radius 1 is 1.35 bits per heavy atom. The Bertz CT molecular complexity index is 606. The smallest absolute Gasteiger partial charge is 0.268 e. The van der Waals surface area contributed by atoms with Gasteiger partial charge in [0.2, 0.25) is 0 Å². The van der Waals surface area contributed by atoms with Crippen molar-refractivity contribution >= 4 is 29.1 Å². The fraction of sp³-hybridized carbons (Fsp3) is 0.214. The van der Waals surface area contributed by atoms with Crippen LogP contribution in [0.15, 0.2) is 30.3 Å². The molecule has 0 fully saturated rings. The summed E-state index contributed by atoms with van der Waals surface area (Å²) >= 11 is 11.6. The number of carbonyl (C=O) groups is 1. The lowest BCUT2D eigenvalue weighted by Crippen LogP contribution is -2.27. The van der Waals surface area contributed by atoms with Gasteiger partial charge in [-0.25, -0.2) is 0 Å². The molecule has 0 bridgehead atoms. The van der Waals surface area contributed by atoms with E-state index in [1.54, 1.807) is 7.11 Å². The summed E-state index contributed by atoms with van der Waals surface area (Å²) in [7, 11) is 1.60. The zero-order valence-corrected chi connectivity index (χ0v) is 12.5. The lowest BCUT2D eigenvalue weighted by atomic mass is 10.1. The minimum atomic E-state index is -0.280. The summed E-state index contributed by atoms with van der Waals surface area (Å²) < 4.78 is 5.28. The highest BCUT2D eigenvalue weighted by Crippen LogP contribution is 2.25. The van der Waals surface area contributed by atoms with Gasteiger partial charge in [-0.05, 0) is 19.1 Å². The molecule has 1 aromatic heterocycles. The fourth-order valence-electron chi connectivity index (χ4n) is 1.90. The molecule has 0 aliphatic carbocycles. The molecule has 1 aromatic carbocycles. The first-order valence-electron chi connectivity index (χ1n) is 6.00. The molecule has 4 nitrogen and oxygen atoms in total. The van der Waals surface area contributed by atoms with Gasteiger partial charge in [-0.2, -0.15) is 0 Å². The first kappa shape index (κ1) is 14.8. The van der Waals surface area contributed by atoms with Gasteiger partial charge >= 0.3 is 0 Å². The van der Waals surface area contributed by atoms with Crippen LogP contribution >= 0.6 is 23.2 Å². The quantitative estimate of drug-likeness (QED) is 0.901. The first-order valence-corrected chi connectivity index (χ1v) is 6.76. The highest BCUT2D eigenvalue weighted by Gasteiger charge is 2.17. The molecule has 1 atom stereocenters. The molecule has 0 radical (unpaired) electrons. The van der Waals surface area contributed by atoms with Gasteiger partial charge in [-0.3, -0.25) is 4.79 Å². The van der Waals surface area contributed by atoms with E-state index in [0.29, 0.717) is 10.7 Å². The molecular weight excluding hydrogens is 299 g/mol. The number of benzene rings is 1. The summed E-state index contributed by atoms with van der Waals surface area (Å²) in [5, 5.41) is 3.43. The lowest BCUT2D eigenvalue weighted by molar-refractivity contribution is 0.0935. The van der Waals surface area contributed by atoms with Gasteiger partial charge in [0, 0.05) is 5.56 Å². The molecule has 2 aromatic rings. The van der Waals surface area contributed by atoms with Crippen molar-refractivity contribution in [2.24, 2.45) is 0 Å².